The summed E-state index contributed by atoms with van der Waals surface area (Å²) in [7, 11) is 0. The van der Waals surface area contributed by atoms with Crippen molar-refractivity contribution in [3.8, 4) is 0 Å². The van der Waals surface area contributed by atoms with E-state index in [2.05, 4.69) is 17.1 Å². The fourth-order valence-corrected chi connectivity index (χ4v) is 3.22. The van der Waals surface area contributed by atoms with Crippen molar-refractivity contribution in [1.29, 1.82) is 0 Å². The smallest absolute Gasteiger partial charge is 0.0198 e. The minimum absolute atomic E-state index is 0.808. The van der Waals surface area contributed by atoms with E-state index < -0.39 is 0 Å². The van der Waals surface area contributed by atoms with Crippen molar-refractivity contribution < 1.29 is 0 Å². The quantitative estimate of drug-likeness (QED) is 0.763. The molecule has 2 saturated carbocycles. The van der Waals surface area contributed by atoms with E-state index in [1.807, 2.05) is 0 Å². The van der Waals surface area contributed by atoms with Gasteiger partial charge in [-0.3, -0.25) is 4.90 Å². The first-order chi connectivity index (χ1) is 7.31. The molecule has 0 aromatic rings. The molecule has 0 aromatic carbocycles. The van der Waals surface area contributed by atoms with Gasteiger partial charge in [-0.15, -0.1) is 0 Å². The Labute approximate surface area is 93.4 Å². The van der Waals surface area contributed by atoms with E-state index in [1.165, 1.54) is 51.6 Å². The molecule has 0 radical (unpaired) electrons. The lowest BCUT2D eigenvalue weighted by atomic mass is 9.80. The minimum atomic E-state index is 0.808. The standard InChI is InChI=1S/C13H24N2/c1-10-7-13(8-10)15-6-2-3-12(9-15)14-11-4-5-11/h10-14H,2-9H2,1H3. The Morgan fingerprint density at radius 3 is 2.53 bits per heavy atom. The fourth-order valence-electron chi connectivity index (χ4n) is 3.22. The van der Waals surface area contributed by atoms with E-state index in [0.717, 1.165) is 24.0 Å². The van der Waals surface area contributed by atoms with Crippen molar-refractivity contribution in [1.82, 2.24) is 10.2 Å². The van der Waals surface area contributed by atoms with Crippen LogP contribution in [0.4, 0.5) is 0 Å². The summed E-state index contributed by atoms with van der Waals surface area (Å²) in [5, 5.41) is 3.80. The largest absolute Gasteiger partial charge is 0.310 e. The van der Waals surface area contributed by atoms with Gasteiger partial charge >= 0.3 is 0 Å². The summed E-state index contributed by atoms with van der Waals surface area (Å²) < 4.78 is 0. The predicted octanol–water partition coefficient (Wildman–Crippen LogP) is 2.00. The molecule has 0 bridgehead atoms. The third-order valence-corrected chi connectivity index (χ3v) is 4.37. The molecule has 0 amide bonds. The van der Waals surface area contributed by atoms with Crippen molar-refractivity contribution in [2.75, 3.05) is 13.1 Å². The second-order valence-electron chi connectivity index (χ2n) is 6.01. The molecule has 0 aromatic heterocycles. The van der Waals surface area contributed by atoms with Gasteiger partial charge in [0, 0.05) is 24.7 Å². The molecular weight excluding hydrogens is 184 g/mol. The van der Waals surface area contributed by atoms with E-state index in [9.17, 15) is 0 Å². The van der Waals surface area contributed by atoms with Gasteiger partial charge in [0.2, 0.25) is 0 Å². The Hall–Kier alpha value is -0.0800. The Balaban J connectivity index is 1.47. The first-order valence-electron chi connectivity index (χ1n) is 6.81. The number of piperidine rings is 1. The second-order valence-corrected chi connectivity index (χ2v) is 6.01. The average Bonchev–Trinajstić information content (AvgIpc) is 2.97. The van der Waals surface area contributed by atoms with Crippen LogP contribution in [0.15, 0.2) is 0 Å². The van der Waals surface area contributed by atoms with Gasteiger partial charge in [-0.2, -0.15) is 0 Å². The monoisotopic (exact) mass is 208 g/mol. The van der Waals surface area contributed by atoms with Crippen LogP contribution < -0.4 is 5.32 Å². The first-order valence-corrected chi connectivity index (χ1v) is 6.81. The fraction of sp³-hybridized carbons (Fsp3) is 1.00. The van der Waals surface area contributed by atoms with Crippen molar-refractivity contribution >= 4 is 0 Å². The van der Waals surface area contributed by atoms with Gasteiger partial charge in [-0.25, -0.2) is 0 Å². The summed E-state index contributed by atoms with van der Waals surface area (Å²) in [6, 6.07) is 2.63. The lowest BCUT2D eigenvalue weighted by Gasteiger charge is -2.45. The molecular formula is C13H24N2. The number of likely N-dealkylation sites (tertiary alicyclic amines) is 1. The van der Waals surface area contributed by atoms with Gasteiger partial charge in [0.25, 0.3) is 0 Å². The maximum absolute atomic E-state index is 3.80. The topological polar surface area (TPSA) is 15.3 Å². The molecule has 1 atom stereocenters. The van der Waals surface area contributed by atoms with E-state index in [1.54, 1.807) is 0 Å². The number of nitrogens with one attached hydrogen (secondary N) is 1. The van der Waals surface area contributed by atoms with E-state index in [4.69, 9.17) is 0 Å². The van der Waals surface area contributed by atoms with Gasteiger partial charge in [-0.1, -0.05) is 6.92 Å². The average molecular weight is 208 g/mol. The van der Waals surface area contributed by atoms with Crippen molar-refractivity contribution in [2.24, 2.45) is 5.92 Å². The van der Waals surface area contributed by atoms with Gasteiger partial charge in [0.15, 0.2) is 0 Å². The van der Waals surface area contributed by atoms with Crippen LogP contribution in [-0.4, -0.2) is 36.1 Å². The number of rotatable bonds is 3. The Kier molecular flexibility index (Phi) is 2.73. The van der Waals surface area contributed by atoms with Crippen LogP contribution in [0.3, 0.4) is 0 Å². The van der Waals surface area contributed by atoms with Gasteiger partial charge in [0.05, 0.1) is 0 Å². The van der Waals surface area contributed by atoms with E-state index >= 15 is 0 Å². The summed E-state index contributed by atoms with van der Waals surface area (Å²) in [6.45, 7) is 5.08. The lowest BCUT2D eigenvalue weighted by molar-refractivity contribution is 0.0563. The highest BCUT2D eigenvalue weighted by Crippen LogP contribution is 2.33. The van der Waals surface area contributed by atoms with Gasteiger partial charge < -0.3 is 5.32 Å². The summed E-state index contributed by atoms with van der Waals surface area (Å²) in [5.74, 6) is 0.992. The van der Waals surface area contributed by atoms with E-state index in [0.29, 0.717) is 0 Å². The SMILES string of the molecule is CC1CC(N2CCCC(NC3CC3)C2)C1. The van der Waals surface area contributed by atoms with Crippen LogP contribution in [-0.2, 0) is 0 Å². The number of hydrogen-bond donors (Lipinski definition) is 1. The summed E-state index contributed by atoms with van der Waals surface area (Å²) in [4.78, 5) is 2.75. The third-order valence-electron chi connectivity index (χ3n) is 4.37. The highest BCUT2D eigenvalue weighted by Gasteiger charge is 2.34. The second kappa shape index (κ2) is 4.06. The molecule has 3 rings (SSSR count). The zero-order valence-corrected chi connectivity index (χ0v) is 9.91. The summed E-state index contributed by atoms with van der Waals surface area (Å²) in [5.41, 5.74) is 0. The van der Waals surface area contributed by atoms with Crippen LogP contribution in [0.2, 0.25) is 0 Å². The van der Waals surface area contributed by atoms with Crippen molar-refractivity contribution in [3.63, 3.8) is 0 Å². The van der Waals surface area contributed by atoms with Crippen molar-refractivity contribution in [2.45, 2.75) is 63.6 Å². The predicted molar refractivity (Wildman–Crippen MR) is 62.9 cm³/mol. The molecule has 1 unspecified atom stereocenters. The molecule has 0 spiro atoms. The third kappa shape index (κ3) is 2.36. The molecule has 86 valence electrons. The number of hydrogen-bond acceptors (Lipinski definition) is 2. The van der Waals surface area contributed by atoms with Crippen molar-refractivity contribution in [3.05, 3.63) is 0 Å². The maximum atomic E-state index is 3.80. The molecule has 3 fully saturated rings. The molecule has 15 heavy (non-hydrogen) atoms. The van der Waals surface area contributed by atoms with Crippen LogP contribution in [0.1, 0.15) is 45.4 Å². The summed E-state index contributed by atoms with van der Waals surface area (Å²) in [6.07, 6.45) is 8.59. The van der Waals surface area contributed by atoms with Crippen LogP contribution in [0.5, 0.6) is 0 Å². The van der Waals surface area contributed by atoms with Crippen LogP contribution in [0.25, 0.3) is 0 Å². The number of nitrogens with zero attached hydrogens (tertiary/aromatic N) is 1. The maximum Gasteiger partial charge on any atom is 0.0198 e. The first kappa shape index (κ1) is 10.1. The molecule has 2 heteroatoms. The van der Waals surface area contributed by atoms with Crippen LogP contribution >= 0.6 is 0 Å². The highest BCUT2D eigenvalue weighted by molar-refractivity contribution is 4.92. The Morgan fingerprint density at radius 2 is 1.87 bits per heavy atom. The molecule has 1 saturated heterocycles. The highest BCUT2D eigenvalue weighted by atomic mass is 15.2. The Morgan fingerprint density at radius 1 is 1.07 bits per heavy atom. The van der Waals surface area contributed by atoms with E-state index in [-0.39, 0.29) is 0 Å². The normalized spacial score (nSPS) is 42.6. The van der Waals surface area contributed by atoms with Gasteiger partial charge in [-0.05, 0) is 51.0 Å². The molecule has 1 aliphatic heterocycles. The molecule has 2 nitrogen and oxygen atoms in total. The minimum Gasteiger partial charge on any atom is -0.310 e. The molecule has 1 N–H and O–H groups in total. The summed E-state index contributed by atoms with van der Waals surface area (Å²) >= 11 is 0. The van der Waals surface area contributed by atoms with Crippen LogP contribution in [0, 0.1) is 5.92 Å². The molecule has 2 aliphatic carbocycles. The lowest BCUT2D eigenvalue weighted by Crippen LogP contribution is -2.53. The zero-order chi connectivity index (χ0) is 10.3. The molecule has 3 aliphatic rings. The zero-order valence-electron chi connectivity index (χ0n) is 9.91. The Bertz CT molecular complexity index is 219. The van der Waals surface area contributed by atoms with Gasteiger partial charge in [0.1, 0.15) is 0 Å². The molecule has 1 heterocycles.